The van der Waals surface area contributed by atoms with Gasteiger partial charge in [0.25, 0.3) is 65.0 Å². The van der Waals surface area contributed by atoms with Gasteiger partial charge in [0.05, 0.1) is 67.5 Å². The van der Waals surface area contributed by atoms with Crippen molar-refractivity contribution >= 4 is 165 Å². The van der Waals surface area contributed by atoms with Gasteiger partial charge in [-0.3, -0.25) is 157 Å². The van der Waals surface area contributed by atoms with E-state index in [-0.39, 0.29) is 182 Å². The Kier molecular flexibility index (Phi) is 30.5. The third kappa shape index (κ3) is 21.4. The average molecular weight is 1960 g/mol. The summed E-state index contributed by atoms with van der Waals surface area (Å²) in [5.41, 5.74) is 3.83. The molecule has 44 nitrogen and oxygen atoms in total. The molecule has 2 aliphatic carbocycles. The third-order valence-corrected chi connectivity index (χ3v) is 26.5. The lowest BCUT2D eigenvalue weighted by molar-refractivity contribution is -0.141. The smallest absolute Gasteiger partial charge is 0.319 e. The van der Waals surface area contributed by atoms with Crippen LogP contribution in [0.5, 0.6) is 0 Å². The predicted molar refractivity (Wildman–Crippen MR) is 498 cm³/mol. The lowest BCUT2D eigenvalue weighted by Crippen LogP contribution is -2.62. The van der Waals surface area contributed by atoms with Crippen molar-refractivity contribution in [2.24, 2.45) is 5.92 Å². The van der Waals surface area contributed by atoms with Crippen molar-refractivity contribution in [3.8, 4) is 0 Å². The van der Waals surface area contributed by atoms with Crippen molar-refractivity contribution in [1.29, 1.82) is 0 Å². The monoisotopic (exact) mass is 1960 g/mol. The summed E-state index contributed by atoms with van der Waals surface area (Å²) in [6.45, 7) is 6.28. The number of amides is 27. The van der Waals surface area contributed by atoms with Crippen LogP contribution in [0, 0.1) is 5.92 Å². The Morgan fingerprint density at radius 3 is 1.14 bits per heavy atom. The number of hydrogen-bond donors (Lipinski definition) is 13. The molecule has 13 aliphatic rings. The highest BCUT2D eigenvalue weighted by Gasteiger charge is 2.55. The maximum Gasteiger partial charge on any atom is 0.319 e. The summed E-state index contributed by atoms with van der Waals surface area (Å²) in [6, 6.07) is 22.8. The number of pyridine rings is 1. The van der Waals surface area contributed by atoms with Crippen molar-refractivity contribution in [2.45, 2.75) is 211 Å². The van der Waals surface area contributed by atoms with Crippen molar-refractivity contribution in [1.82, 2.24) is 98.2 Å². The molecule has 1 aromatic heterocycles. The molecular formula is C97H100N20O24S. The molecule has 13 N–H and O–H groups in total. The van der Waals surface area contributed by atoms with Crippen LogP contribution >= 0.6 is 12.2 Å². The highest BCUT2D eigenvalue weighted by molar-refractivity contribution is 7.80. The van der Waals surface area contributed by atoms with Gasteiger partial charge >= 0.3 is 18.1 Å². The summed E-state index contributed by atoms with van der Waals surface area (Å²) >= 11 is 5.18. The lowest BCUT2D eigenvalue weighted by atomic mass is 9.89. The highest BCUT2D eigenvalue weighted by atomic mass is 32.1. The van der Waals surface area contributed by atoms with E-state index in [2.05, 4.69) is 74.1 Å². The van der Waals surface area contributed by atoms with Crippen LogP contribution in [-0.2, 0) is 85.5 Å². The van der Waals surface area contributed by atoms with Gasteiger partial charge < -0.3 is 47.4 Å². The van der Waals surface area contributed by atoms with E-state index >= 15 is 0 Å². The van der Waals surface area contributed by atoms with Crippen molar-refractivity contribution in [3.05, 3.63) is 199 Å². The number of anilines is 1. The van der Waals surface area contributed by atoms with Crippen molar-refractivity contribution in [2.75, 3.05) is 25.0 Å². The van der Waals surface area contributed by atoms with Gasteiger partial charge in [-0.05, 0) is 173 Å². The molecule has 5 aromatic carbocycles. The number of piperidine rings is 6. The van der Waals surface area contributed by atoms with Gasteiger partial charge in [0, 0.05) is 103 Å². The molecule has 738 valence electrons. The Bertz CT molecular complexity index is 6370. The number of urea groups is 3. The highest BCUT2D eigenvalue weighted by Crippen LogP contribution is 2.39. The van der Waals surface area contributed by atoms with E-state index in [1.165, 1.54) is 37.4 Å². The van der Waals surface area contributed by atoms with Gasteiger partial charge in [0.15, 0.2) is 5.11 Å². The fourth-order valence-corrected chi connectivity index (χ4v) is 18.9. The molecule has 45 heteroatoms. The van der Waals surface area contributed by atoms with Crippen molar-refractivity contribution in [3.63, 3.8) is 0 Å². The second kappa shape index (κ2) is 43.3. The maximum absolute atomic E-state index is 13.1. The van der Waals surface area contributed by atoms with Crippen LogP contribution in [0.3, 0.4) is 0 Å². The molecule has 142 heavy (non-hydrogen) atoms. The Morgan fingerprint density at radius 2 is 0.761 bits per heavy atom. The van der Waals surface area contributed by atoms with Crippen LogP contribution < -0.4 is 69.1 Å². The molecule has 0 spiro atoms. The molecule has 0 radical (unpaired) electrons. The Labute approximate surface area is 814 Å². The number of nitrogens with one attached hydrogen (secondary N) is 13. The minimum Gasteiger partial charge on any atom is -0.363 e. The molecule has 6 aromatic rings. The van der Waals surface area contributed by atoms with Crippen LogP contribution in [0.1, 0.15) is 274 Å². The zero-order valence-corrected chi connectivity index (χ0v) is 77.9. The summed E-state index contributed by atoms with van der Waals surface area (Å²) in [4.78, 5) is 306. The van der Waals surface area contributed by atoms with Crippen LogP contribution in [0.15, 0.2) is 116 Å². The van der Waals surface area contributed by atoms with E-state index in [4.69, 9.17) is 12.2 Å². The van der Waals surface area contributed by atoms with Crippen LogP contribution in [0.2, 0.25) is 0 Å². The maximum atomic E-state index is 13.1. The van der Waals surface area contributed by atoms with Gasteiger partial charge in [-0.1, -0.05) is 80.4 Å². The standard InChI is InChI=1S/C20H17N5O5.2C20H22N4O5.C19H19N3O5.C18H20N4O4S/c26-15-7-6-14(17(27)24-15)25-18(28)13-5-1-3-11(16(13)19(25)29)9-22-20(30)23-12-4-2-8-21-10-12;25-15-9-8-14(17(26)23-15)24-18(27)13-7-3-4-11(16(13)19(24)28)10-21-20(29)22-12-5-1-2-6-12;25-15-8-7-14(17(26)22-15)24-18(27)13-6-4-5-12(16(13)19(24)28)11-21-20(29)23-9-2-1-3-10-23;1-19(8-7-13(23)21-18(19)27)22-16(25)12-4-2-3-11(14(12)17(22)26)9-20-15(24)10-5-6-10;1-2-8-19-18(27)20-9-10-4-3-5-11-14(10)17(26)22(16(11)25)12-6-7-13(23)21-15(12)24/h1-5,8,10,14H,6-7,9H2,(H2,22,23,30)(H,24,26,27);3-4,7,12,14H,1-2,5-6,8-10H2,(H2,21,22,29)(H,23,25,26);4-6,14H,1-3,7-11H2,(H,21,29)(H,22,25,26);2-4,10H,5-9H2,1H3,(H,20,24)(H,21,23,27);3-5,12H,2,6-9H2,1H3,(H2,19,20,27)(H,21,23,24). The number of imide groups is 10. The number of nitrogens with zero attached hydrogens (tertiary/aromatic N) is 7. The van der Waals surface area contributed by atoms with E-state index in [9.17, 15) is 115 Å². The quantitative estimate of drug-likeness (QED) is 0.0385. The molecule has 5 atom stereocenters. The summed E-state index contributed by atoms with van der Waals surface area (Å²) in [5, 5.41) is 34.0. The van der Waals surface area contributed by atoms with E-state index in [1.807, 2.05) is 6.92 Å². The number of rotatable bonds is 20. The largest absolute Gasteiger partial charge is 0.363 e. The molecule has 2 saturated carbocycles. The molecular weight excluding hydrogens is 1860 g/mol. The number of aromatic nitrogens is 1. The number of thiocarbonyl (C=S) groups is 1. The van der Waals surface area contributed by atoms with Gasteiger partial charge in [0.2, 0.25) is 59.1 Å². The molecule has 19 rings (SSSR count). The molecule has 27 amide bonds. The first-order valence-corrected chi connectivity index (χ1v) is 47.1. The first-order valence-electron chi connectivity index (χ1n) is 46.6. The zero-order chi connectivity index (χ0) is 101. The molecule has 8 fully saturated rings. The summed E-state index contributed by atoms with van der Waals surface area (Å²) in [6.07, 6.45) is 13.8. The average Bonchev–Trinajstić information content (AvgIpc) is 1.57. The molecule has 0 bridgehead atoms. The molecule has 5 unspecified atom stereocenters. The molecule has 12 heterocycles. The fraction of sp³-hybridized carbons (Fsp3) is 0.381. The van der Waals surface area contributed by atoms with E-state index < -0.39 is 154 Å². The molecule has 6 saturated heterocycles. The molecule has 11 aliphatic heterocycles. The number of carbonyl (C=O) groups is 24. The second-order valence-corrected chi connectivity index (χ2v) is 36.2. The summed E-state index contributed by atoms with van der Waals surface area (Å²) in [7, 11) is 0. The number of benzene rings is 5. The predicted octanol–water partition coefficient (Wildman–Crippen LogP) is 3.38. The Hall–Kier alpha value is -16.4. The van der Waals surface area contributed by atoms with Gasteiger partial charge in [-0.2, -0.15) is 0 Å². The van der Waals surface area contributed by atoms with E-state index in [1.54, 1.807) is 90.0 Å². The van der Waals surface area contributed by atoms with E-state index in [0.717, 1.165) is 95.3 Å². The first kappa shape index (κ1) is 100. The second-order valence-electron chi connectivity index (χ2n) is 35.7. The van der Waals surface area contributed by atoms with Gasteiger partial charge in [0.1, 0.15) is 29.7 Å². The zero-order valence-electron chi connectivity index (χ0n) is 77.1. The lowest BCUT2D eigenvalue weighted by Gasteiger charge is -2.38. The first-order chi connectivity index (χ1) is 68.1. The van der Waals surface area contributed by atoms with Crippen LogP contribution in [0.4, 0.5) is 20.1 Å². The normalized spacial score (nSPS) is 21.1. The number of fused-ring (bicyclic) bond motifs is 5. The van der Waals surface area contributed by atoms with Gasteiger partial charge in [-0.25, -0.2) is 14.4 Å². The van der Waals surface area contributed by atoms with E-state index in [0.29, 0.717) is 51.7 Å². The van der Waals surface area contributed by atoms with Gasteiger partial charge in [-0.15, -0.1) is 0 Å². The minimum absolute atomic E-state index is 0.00250. The summed E-state index contributed by atoms with van der Waals surface area (Å²) in [5.74, 6) is -11.0. The van der Waals surface area contributed by atoms with Crippen LogP contribution in [-0.4, -0.2) is 237 Å². The third-order valence-electron chi connectivity index (χ3n) is 26.2. The fourth-order valence-electron chi connectivity index (χ4n) is 18.7. The Morgan fingerprint density at radius 1 is 0.387 bits per heavy atom. The SMILES string of the molecule is CC1(N2C(=O)c3cccc(CNC(=O)C4CC4)c3C2=O)CCC(=O)NC1=O.CCCNC(=S)NCc1cccc2c1C(=O)N(C1CCC(=O)NC1=O)C2=O.O=C1CCC(N2C(=O)c3cccc(CNC(=O)N4CCCCC4)c3C2=O)C(=O)N1.O=C1CCC(N2C(=O)c3cccc(CNC(=O)NC4CCCC4)c3C2=O)C(=O)N1.O=C1CCC(N2C(=O)c3cccc(CNC(=O)Nc4cccnc4)c3C2=O)C(=O)N1. The van der Waals surface area contributed by atoms with Crippen molar-refractivity contribution < 1.29 is 115 Å². The van der Waals surface area contributed by atoms with Crippen LogP contribution in [0.25, 0.3) is 0 Å². The topological polar surface area (TPSA) is 598 Å². The summed E-state index contributed by atoms with van der Waals surface area (Å²) < 4.78 is 0. The Balaban J connectivity index is 0.000000134. The number of likely N-dealkylation sites (tertiary alicyclic amines) is 1. The number of carbonyl (C=O) groups excluding carboxylic acids is 24. The number of hydrogen-bond acceptors (Lipinski definition) is 26. The minimum atomic E-state index is -1.42.